The molecule has 0 fully saturated rings. The van der Waals surface area contributed by atoms with Crippen LogP contribution in [0.3, 0.4) is 0 Å². The lowest BCUT2D eigenvalue weighted by molar-refractivity contribution is 0.600. The van der Waals surface area contributed by atoms with Gasteiger partial charge in [0.15, 0.2) is 5.65 Å². The van der Waals surface area contributed by atoms with Crippen molar-refractivity contribution in [1.29, 1.82) is 0 Å². The zero-order valence-corrected chi connectivity index (χ0v) is 12.9. The summed E-state index contributed by atoms with van der Waals surface area (Å²) in [5, 5.41) is 4.07. The quantitative estimate of drug-likeness (QED) is 0.787. The van der Waals surface area contributed by atoms with Crippen molar-refractivity contribution in [3.63, 3.8) is 0 Å². The average Bonchev–Trinajstić information content (AvgIpc) is 2.85. The van der Waals surface area contributed by atoms with Gasteiger partial charge in [0.25, 0.3) is 0 Å². The van der Waals surface area contributed by atoms with Crippen molar-refractivity contribution in [2.24, 2.45) is 0 Å². The van der Waals surface area contributed by atoms with Crippen LogP contribution < -0.4 is 10.0 Å². The predicted molar refractivity (Wildman–Crippen MR) is 86.1 cm³/mol. The Morgan fingerprint density at radius 1 is 1.23 bits per heavy atom. The Labute approximate surface area is 128 Å². The van der Waals surface area contributed by atoms with Crippen molar-refractivity contribution < 1.29 is 8.42 Å². The second-order valence-electron chi connectivity index (χ2n) is 4.94. The van der Waals surface area contributed by atoms with E-state index in [4.69, 9.17) is 5.73 Å². The Bertz CT molecular complexity index is 949. The number of hydrogen-bond acceptors (Lipinski definition) is 5. The lowest BCUT2D eigenvalue weighted by Gasteiger charge is -2.17. The third-order valence-corrected chi connectivity index (χ3v) is 4.60. The fourth-order valence-corrected chi connectivity index (χ4v) is 2.71. The van der Waals surface area contributed by atoms with Crippen molar-refractivity contribution in [3.05, 3.63) is 42.6 Å². The number of sulfonamides is 1. The second kappa shape index (κ2) is 4.99. The van der Waals surface area contributed by atoms with E-state index >= 15 is 0 Å². The van der Waals surface area contributed by atoms with Gasteiger partial charge in [0.1, 0.15) is 0 Å². The third-order valence-electron chi connectivity index (χ3n) is 3.40. The van der Waals surface area contributed by atoms with E-state index in [1.807, 2.05) is 18.2 Å². The SMILES string of the molecule is CN(c1cccc(-c2cccn3nc(N)nc23)c1)S(C)(=O)=O. The molecular formula is C14H15N5O2S. The van der Waals surface area contributed by atoms with Crippen LogP contribution in [-0.4, -0.2) is 36.3 Å². The molecule has 2 N–H and O–H groups in total. The molecule has 0 aliphatic carbocycles. The van der Waals surface area contributed by atoms with E-state index in [0.717, 1.165) is 11.1 Å². The average molecular weight is 317 g/mol. The molecule has 2 heterocycles. The van der Waals surface area contributed by atoms with Gasteiger partial charge in [-0.05, 0) is 29.8 Å². The molecule has 0 aliphatic heterocycles. The first-order valence-electron chi connectivity index (χ1n) is 6.51. The van der Waals surface area contributed by atoms with Crippen LogP contribution in [-0.2, 0) is 10.0 Å². The maximum atomic E-state index is 11.7. The molecule has 0 saturated carbocycles. The number of anilines is 2. The summed E-state index contributed by atoms with van der Waals surface area (Å²) < 4.78 is 26.2. The predicted octanol–water partition coefficient (Wildman–Crippen LogP) is 1.37. The van der Waals surface area contributed by atoms with Crippen molar-refractivity contribution in [1.82, 2.24) is 14.6 Å². The summed E-state index contributed by atoms with van der Waals surface area (Å²) >= 11 is 0. The zero-order valence-electron chi connectivity index (χ0n) is 12.1. The van der Waals surface area contributed by atoms with Crippen LogP contribution in [0.25, 0.3) is 16.8 Å². The van der Waals surface area contributed by atoms with Crippen molar-refractivity contribution in [2.45, 2.75) is 0 Å². The highest BCUT2D eigenvalue weighted by atomic mass is 32.2. The van der Waals surface area contributed by atoms with Gasteiger partial charge < -0.3 is 5.73 Å². The van der Waals surface area contributed by atoms with Crippen molar-refractivity contribution in [2.75, 3.05) is 23.3 Å². The summed E-state index contributed by atoms with van der Waals surface area (Å²) in [6.45, 7) is 0. The Kier molecular flexibility index (Phi) is 3.25. The van der Waals surface area contributed by atoms with Gasteiger partial charge >= 0.3 is 0 Å². The van der Waals surface area contributed by atoms with Gasteiger partial charge in [-0.1, -0.05) is 12.1 Å². The Morgan fingerprint density at radius 2 is 2.00 bits per heavy atom. The van der Waals surface area contributed by atoms with Gasteiger partial charge in [0.2, 0.25) is 16.0 Å². The van der Waals surface area contributed by atoms with Crippen LogP contribution >= 0.6 is 0 Å². The van der Waals surface area contributed by atoms with Crippen LogP contribution in [0.2, 0.25) is 0 Å². The highest BCUT2D eigenvalue weighted by Gasteiger charge is 2.14. The summed E-state index contributed by atoms with van der Waals surface area (Å²) in [5.41, 5.74) is 8.51. The summed E-state index contributed by atoms with van der Waals surface area (Å²) in [6, 6.07) is 11.0. The third kappa shape index (κ3) is 2.48. The number of nitrogens with zero attached hydrogens (tertiary/aromatic N) is 4. The molecule has 0 unspecified atom stereocenters. The minimum Gasteiger partial charge on any atom is -0.366 e. The van der Waals surface area contributed by atoms with Gasteiger partial charge in [-0.15, -0.1) is 5.10 Å². The number of rotatable bonds is 3. The summed E-state index contributed by atoms with van der Waals surface area (Å²) in [6.07, 6.45) is 2.92. The van der Waals surface area contributed by atoms with Gasteiger partial charge in [-0.2, -0.15) is 4.98 Å². The molecule has 0 aliphatic rings. The Morgan fingerprint density at radius 3 is 2.73 bits per heavy atom. The standard InChI is InChI=1S/C14H15N5O2S/c1-18(22(2,20)21)11-6-3-5-10(9-11)12-7-4-8-19-13(12)16-14(15)17-19/h3-9H,1-2H3,(H2,15,17). The van der Waals surface area contributed by atoms with E-state index in [1.165, 1.54) is 17.6 Å². The maximum absolute atomic E-state index is 11.7. The van der Waals surface area contributed by atoms with E-state index in [-0.39, 0.29) is 5.95 Å². The van der Waals surface area contributed by atoms with Crippen LogP contribution in [0.4, 0.5) is 11.6 Å². The molecule has 0 atom stereocenters. The highest BCUT2D eigenvalue weighted by Crippen LogP contribution is 2.28. The number of aromatic nitrogens is 3. The summed E-state index contributed by atoms with van der Waals surface area (Å²) in [5.74, 6) is 0.192. The smallest absolute Gasteiger partial charge is 0.240 e. The topological polar surface area (TPSA) is 93.6 Å². The van der Waals surface area contributed by atoms with E-state index in [9.17, 15) is 8.42 Å². The number of fused-ring (bicyclic) bond motifs is 1. The van der Waals surface area contributed by atoms with Gasteiger partial charge in [-0.25, -0.2) is 12.9 Å². The largest absolute Gasteiger partial charge is 0.366 e. The molecule has 0 amide bonds. The molecule has 2 aromatic heterocycles. The molecule has 22 heavy (non-hydrogen) atoms. The number of nitrogen functional groups attached to an aromatic ring is 1. The van der Waals surface area contributed by atoms with E-state index in [1.54, 1.807) is 28.9 Å². The van der Waals surface area contributed by atoms with Crippen LogP contribution in [0.5, 0.6) is 0 Å². The molecule has 114 valence electrons. The number of hydrogen-bond donors (Lipinski definition) is 1. The van der Waals surface area contributed by atoms with Crippen LogP contribution in [0.1, 0.15) is 0 Å². The first-order valence-corrected chi connectivity index (χ1v) is 8.36. The zero-order chi connectivity index (χ0) is 15.9. The van der Waals surface area contributed by atoms with Crippen LogP contribution in [0, 0.1) is 0 Å². The number of benzene rings is 1. The number of nitrogens with two attached hydrogens (primary N) is 1. The fourth-order valence-electron chi connectivity index (χ4n) is 2.21. The van der Waals surface area contributed by atoms with Gasteiger partial charge in [0, 0.05) is 18.8 Å². The summed E-state index contributed by atoms with van der Waals surface area (Å²) in [4.78, 5) is 4.21. The summed E-state index contributed by atoms with van der Waals surface area (Å²) in [7, 11) is -1.80. The molecule has 8 heteroatoms. The highest BCUT2D eigenvalue weighted by molar-refractivity contribution is 7.92. The number of pyridine rings is 1. The Hall–Kier alpha value is -2.61. The lowest BCUT2D eigenvalue weighted by Crippen LogP contribution is -2.24. The van der Waals surface area contributed by atoms with Crippen molar-refractivity contribution in [3.8, 4) is 11.1 Å². The monoisotopic (exact) mass is 317 g/mol. The molecule has 1 aromatic carbocycles. The molecule has 3 rings (SSSR count). The minimum atomic E-state index is -3.31. The molecule has 0 radical (unpaired) electrons. The van der Waals surface area contributed by atoms with E-state index in [0.29, 0.717) is 11.3 Å². The normalized spacial score (nSPS) is 11.7. The second-order valence-corrected chi connectivity index (χ2v) is 6.95. The van der Waals surface area contributed by atoms with Crippen LogP contribution in [0.15, 0.2) is 42.6 Å². The molecule has 7 nitrogen and oxygen atoms in total. The lowest BCUT2D eigenvalue weighted by atomic mass is 10.1. The van der Waals surface area contributed by atoms with E-state index in [2.05, 4.69) is 10.1 Å². The first kappa shape index (κ1) is 14.3. The van der Waals surface area contributed by atoms with Gasteiger partial charge in [-0.3, -0.25) is 4.31 Å². The maximum Gasteiger partial charge on any atom is 0.240 e. The minimum absolute atomic E-state index is 0.192. The molecular weight excluding hydrogens is 302 g/mol. The Balaban J connectivity index is 2.16. The first-order chi connectivity index (χ1) is 10.4. The van der Waals surface area contributed by atoms with E-state index < -0.39 is 10.0 Å². The van der Waals surface area contributed by atoms with Gasteiger partial charge in [0.05, 0.1) is 11.9 Å². The molecule has 3 aromatic rings. The molecule has 0 spiro atoms. The molecule has 0 bridgehead atoms. The molecule has 0 saturated heterocycles. The van der Waals surface area contributed by atoms with Crippen molar-refractivity contribution >= 4 is 27.3 Å². The fraction of sp³-hybridized carbons (Fsp3) is 0.143.